The summed E-state index contributed by atoms with van der Waals surface area (Å²) in [6.07, 6.45) is 8.72. The van der Waals surface area contributed by atoms with E-state index in [1.807, 2.05) is 6.92 Å². The van der Waals surface area contributed by atoms with Crippen LogP contribution in [0.25, 0.3) is 0 Å². The van der Waals surface area contributed by atoms with Crippen LogP contribution in [0.3, 0.4) is 0 Å². The molecule has 1 aliphatic carbocycles. The molecule has 1 saturated carbocycles. The van der Waals surface area contributed by atoms with E-state index in [-0.39, 0.29) is 11.8 Å². The lowest BCUT2D eigenvalue weighted by atomic mass is 9.77. The Kier molecular flexibility index (Phi) is 5.07. The fraction of sp³-hybridized carbons (Fsp3) is 1.00. The molecule has 0 aromatic carbocycles. The predicted molar refractivity (Wildman–Crippen MR) is 62.4 cm³/mol. The van der Waals surface area contributed by atoms with Gasteiger partial charge in [0.1, 0.15) is 0 Å². The SMILES string of the molecule is CCCCC(C)C(O)(O)C1CCCCC1. The number of hydrogen-bond donors (Lipinski definition) is 2. The first-order chi connectivity index (χ1) is 7.09. The molecule has 1 rings (SSSR count). The van der Waals surface area contributed by atoms with Crippen LogP contribution in [0.5, 0.6) is 0 Å². The summed E-state index contributed by atoms with van der Waals surface area (Å²) in [5, 5.41) is 20.4. The molecule has 2 heteroatoms. The molecule has 1 atom stereocenters. The van der Waals surface area contributed by atoms with E-state index in [4.69, 9.17) is 0 Å². The molecule has 15 heavy (non-hydrogen) atoms. The van der Waals surface area contributed by atoms with E-state index >= 15 is 0 Å². The van der Waals surface area contributed by atoms with Crippen LogP contribution in [0, 0.1) is 11.8 Å². The van der Waals surface area contributed by atoms with Crippen LogP contribution in [0.1, 0.15) is 65.2 Å². The molecule has 90 valence electrons. The summed E-state index contributed by atoms with van der Waals surface area (Å²) >= 11 is 0. The van der Waals surface area contributed by atoms with Gasteiger partial charge in [0.15, 0.2) is 5.79 Å². The highest BCUT2D eigenvalue weighted by Crippen LogP contribution is 2.37. The summed E-state index contributed by atoms with van der Waals surface area (Å²) in [7, 11) is 0. The van der Waals surface area contributed by atoms with Crippen LogP contribution in [0.15, 0.2) is 0 Å². The number of aliphatic hydroxyl groups is 2. The highest BCUT2D eigenvalue weighted by atomic mass is 16.5. The molecule has 0 aliphatic heterocycles. The van der Waals surface area contributed by atoms with Crippen LogP contribution in [0.2, 0.25) is 0 Å². The zero-order valence-electron chi connectivity index (χ0n) is 10.2. The molecule has 2 nitrogen and oxygen atoms in total. The number of rotatable bonds is 5. The van der Waals surface area contributed by atoms with Crippen molar-refractivity contribution in [3.8, 4) is 0 Å². The van der Waals surface area contributed by atoms with Crippen molar-refractivity contribution in [2.75, 3.05) is 0 Å². The van der Waals surface area contributed by atoms with Gasteiger partial charge in [-0.3, -0.25) is 0 Å². The molecule has 0 amide bonds. The first kappa shape index (κ1) is 13.0. The molecule has 2 N–H and O–H groups in total. The molecule has 0 aromatic heterocycles. The van der Waals surface area contributed by atoms with Gasteiger partial charge in [-0.2, -0.15) is 0 Å². The third kappa shape index (κ3) is 3.46. The topological polar surface area (TPSA) is 40.5 Å². The van der Waals surface area contributed by atoms with Gasteiger partial charge in [-0.15, -0.1) is 0 Å². The minimum Gasteiger partial charge on any atom is -0.365 e. The molecule has 0 bridgehead atoms. The second-order valence-corrected chi connectivity index (χ2v) is 5.16. The molecule has 0 heterocycles. The van der Waals surface area contributed by atoms with Gasteiger partial charge in [0.2, 0.25) is 0 Å². The quantitative estimate of drug-likeness (QED) is 0.690. The van der Waals surface area contributed by atoms with Crippen molar-refractivity contribution in [2.45, 2.75) is 71.0 Å². The summed E-state index contributed by atoms with van der Waals surface area (Å²) in [5.74, 6) is -1.30. The van der Waals surface area contributed by atoms with Crippen LogP contribution in [-0.2, 0) is 0 Å². The van der Waals surface area contributed by atoms with Crippen molar-refractivity contribution < 1.29 is 10.2 Å². The fourth-order valence-corrected chi connectivity index (χ4v) is 2.65. The first-order valence-electron chi connectivity index (χ1n) is 6.53. The van der Waals surface area contributed by atoms with Crippen LogP contribution < -0.4 is 0 Å². The minimum absolute atomic E-state index is 0.0144. The normalized spacial score (nSPS) is 21.6. The third-order valence-corrected chi connectivity index (χ3v) is 3.92. The van der Waals surface area contributed by atoms with E-state index in [1.165, 1.54) is 6.42 Å². The van der Waals surface area contributed by atoms with Crippen molar-refractivity contribution in [3.05, 3.63) is 0 Å². The van der Waals surface area contributed by atoms with Gasteiger partial charge in [0.05, 0.1) is 0 Å². The van der Waals surface area contributed by atoms with Crippen molar-refractivity contribution in [2.24, 2.45) is 11.8 Å². The maximum absolute atomic E-state index is 10.2. The van der Waals surface area contributed by atoms with E-state index in [9.17, 15) is 10.2 Å². The van der Waals surface area contributed by atoms with E-state index in [2.05, 4.69) is 6.92 Å². The van der Waals surface area contributed by atoms with E-state index < -0.39 is 5.79 Å². The van der Waals surface area contributed by atoms with Gasteiger partial charge in [0, 0.05) is 11.8 Å². The lowest BCUT2D eigenvalue weighted by Gasteiger charge is -2.38. The number of hydrogen-bond acceptors (Lipinski definition) is 2. The van der Waals surface area contributed by atoms with Gasteiger partial charge in [-0.1, -0.05) is 46.0 Å². The summed E-state index contributed by atoms with van der Waals surface area (Å²) < 4.78 is 0. The lowest BCUT2D eigenvalue weighted by molar-refractivity contribution is -0.239. The van der Waals surface area contributed by atoms with Crippen molar-refractivity contribution in [1.29, 1.82) is 0 Å². The highest BCUT2D eigenvalue weighted by Gasteiger charge is 2.39. The van der Waals surface area contributed by atoms with Gasteiger partial charge in [-0.25, -0.2) is 0 Å². The minimum atomic E-state index is -1.42. The predicted octanol–water partition coefficient (Wildman–Crippen LogP) is 3.07. The molecule has 1 unspecified atom stereocenters. The van der Waals surface area contributed by atoms with Crippen molar-refractivity contribution in [1.82, 2.24) is 0 Å². The second-order valence-electron chi connectivity index (χ2n) is 5.16. The van der Waals surface area contributed by atoms with Gasteiger partial charge >= 0.3 is 0 Å². The molecule has 0 aromatic rings. The zero-order chi connectivity index (χ0) is 11.3. The maximum Gasteiger partial charge on any atom is 0.167 e. The largest absolute Gasteiger partial charge is 0.365 e. The van der Waals surface area contributed by atoms with Crippen molar-refractivity contribution >= 4 is 0 Å². The van der Waals surface area contributed by atoms with Gasteiger partial charge < -0.3 is 10.2 Å². The Morgan fingerprint density at radius 2 is 1.80 bits per heavy atom. The Hall–Kier alpha value is -0.0800. The first-order valence-corrected chi connectivity index (χ1v) is 6.53. The smallest absolute Gasteiger partial charge is 0.167 e. The van der Waals surface area contributed by atoms with E-state index in [0.29, 0.717) is 0 Å². The highest BCUT2D eigenvalue weighted by molar-refractivity contribution is 4.83. The molecule has 1 aliphatic rings. The fourth-order valence-electron chi connectivity index (χ4n) is 2.65. The average Bonchev–Trinajstić information content (AvgIpc) is 2.27. The molecule has 1 fully saturated rings. The van der Waals surface area contributed by atoms with Gasteiger partial charge in [-0.05, 0) is 19.3 Å². The van der Waals surface area contributed by atoms with Crippen LogP contribution >= 0.6 is 0 Å². The Labute approximate surface area is 93.7 Å². The number of unbranched alkanes of at least 4 members (excludes halogenated alkanes) is 1. The zero-order valence-corrected chi connectivity index (χ0v) is 10.2. The molecular weight excluding hydrogens is 188 g/mol. The van der Waals surface area contributed by atoms with Crippen molar-refractivity contribution in [3.63, 3.8) is 0 Å². The molecule has 0 spiro atoms. The molecule has 0 saturated heterocycles. The van der Waals surface area contributed by atoms with E-state index in [0.717, 1.165) is 44.9 Å². The molecule has 0 radical (unpaired) electrons. The molecular formula is C13H26O2. The Bertz CT molecular complexity index is 171. The summed E-state index contributed by atoms with van der Waals surface area (Å²) in [6.45, 7) is 4.12. The summed E-state index contributed by atoms with van der Waals surface area (Å²) in [6, 6.07) is 0. The van der Waals surface area contributed by atoms with Crippen LogP contribution in [-0.4, -0.2) is 16.0 Å². The Morgan fingerprint density at radius 1 is 1.20 bits per heavy atom. The maximum atomic E-state index is 10.2. The standard InChI is InChI=1S/C13H26O2/c1-3-4-8-11(2)13(14,15)12-9-6-5-7-10-12/h11-12,14-15H,3-10H2,1-2H3. The monoisotopic (exact) mass is 214 g/mol. The summed E-state index contributed by atoms with van der Waals surface area (Å²) in [4.78, 5) is 0. The average molecular weight is 214 g/mol. The van der Waals surface area contributed by atoms with Gasteiger partial charge in [0.25, 0.3) is 0 Å². The van der Waals surface area contributed by atoms with Crippen LogP contribution in [0.4, 0.5) is 0 Å². The second kappa shape index (κ2) is 5.86. The summed E-state index contributed by atoms with van der Waals surface area (Å²) in [5.41, 5.74) is 0. The Morgan fingerprint density at radius 3 is 2.33 bits per heavy atom. The Balaban J connectivity index is 2.46. The van der Waals surface area contributed by atoms with E-state index in [1.54, 1.807) is 0 Å². The third-order valence-electron chi connectivity index (χ3n) is 3.92. The lowest BCUT2D eigenvalue weighted by Crippen LogP contribution is -2.44.